The minimum atomic E-state index is -0.489. The van der Waals surface area contributed by atoms with Crippen LogP contribution in [0.4, 0.5) is 0 Å². The van der Waals surface area contributed by atoms with Crippen LogP contribution in [0.3, 0.4) is 0 Å². The molecule has 1 fully saturated rings. The first-order chi connectivity index (χ1) is 7.85. The highest BCUT2D eigenvalue weighted by Crippen LogP contribution is 2.29. The summed E-state index contributed by atoms with van der Waals surface area (Å²) in [5.74, 6) is 0.152. The molecule has 0 spiro atoms. The van der Waals surface area contributed by atoms with Gasteiger partial charge >= 0.3 is 0 Å². The van der Waals surface area contributed by atoms with Gasteiger partial charge in [0.1, 0.15) is 6.04 Å². The molecule has 1 aliphatic rings. The first-order valence-electron chi connectivity index (χ1n) is 6.02. The predicted octanol–water partition coefficient (Wildman–Crippen LogP) is 1.07. The molecule has 1 aliphatic heterocycles. The van der Waals surface area contributed by atoms with Gasteiger partial charge in [0, 0.05) is 25.8 Å². The second-order valence-corrected chi connectivity index (χ2v) is 5.79. The highest BCUT2D eigenvalue weighted by molar-refractivity contribution is 7.80. The molecule has 0 aliphatic carbocycles. The van der Waals surface area contributed by atoms with Gasteiger partial charge < -0.3 is 10.2 Å². The molecule has 1 N–H and O–H groups in total. The zero-order chi connectivity index (χ0) is 13.1. The van der Waals surface area contributed by atoms with Crippen LogP contribution in [0.1, 0.15) is 33.6 Å². The van der Waals surface area contributed by atoms with E-state index in [4.69, 9.17) is 0 Å². The van der Waals surface area contributed by atoms with Crippen molar-refractivity contribution in [2.45, 2.75) is 39.7 Å². The lowest BCUT2D eigenvalue weighted by atomic mass is 9.82. The van der Waals surface area contributed by atoms with E-state index in [-0.39, 0.29) is 11.8 Å². The van der Waals surface area contributed by atoms with Gasteiger partial charge in [0.25, 0.3) is 0 Å². The second-order valence-electron chi connectivity index (χ2n) is 5.43. The molecule has 1 heterocycles. The fourth-order valence-corrected chi connectivity index (χ4v) is 2.23. The number of hydrogen-bond donors (Lipinski definition) is 2. The Kier molecular flexibility index (Phi) is 4.86. The summed E-state index contributed by atoms with van der Waals surface area (Å²) in [7, 11) is 0. The second kappa shape index (κ2) is 5.76. The van der Waals surface area contributed by atoms with E-state index in [1.54, 1.807) is 0 Å². The van der Waals surface area contributed by atoms with Gasteiger partial charge in [-0.15, -0.1) is 0 Å². The van der Waals surface area contributed by atoms with E-state index in [0.29, 0.717) is 11.2 Å². The van der Waals surface area contributed by atoms with Crippen LogP contribution < -0.4 is 5.32 Å². The Balaban J connectivity index is 2.55. The molecule has 1 unspecified atom stereocenters. The Morgan fingerprint density at radius 2 is 1.88 bits per heavy atom. The third-order valence-corrected chi connectivity index (χ3v) is 3.65. The third kappa shape index (κ3) is 4.22. The monoisotopic (exact) mass is 258 g/mol. The summed E-state index contributed by atoms with van der Waals surface area (Å²) in [4.78, 5) is 25.0. The molecule has 98 valence electrons. The molecule has 1 atom stereocenters. The van der Waals surface area contributed by atoms with E-state index >= 15 is 0 Å². The molecule has 0 bridgehead atoms. The van der Waals surface area contributed by atoms with Crippen molar-refractivity contribution in [2.75, 3.05) is 18.8 Å². The molecule has 1 rings (SSSR count). The fraction of sp³-hybridized carbons (Fsp3) is 0.833. The van der Waals surface area contributed by atoms with Crippen LogP contribution in [0.25, 0.3) is 0 Å². The first kappa shape index (κ1) is 14.4. The van der Waals surface area contributed by atoms with Crippen molar-refractivity contribution < 1.29 is 9.59 Å². The molecular formula is C12H22N2O2S. The lowest BCUT2D eigenvalue weighted by Crippen LogP contribution is -2.52. The first-order valence-corrected chi connectivity index (χ1v) is 6.66. The Bertz CT molecular complexity index is 295. The summed E-state index contributed by atoms with van der Waals surface area (Å²) in [5.41, 5.74) is 0.321. The number of carbonyl (C=O) groups is 2. The quantitative estimate of drug-likeness (QED) is 0.744. The zero-order valence-electron chi connectivity index (χ0n) is 10.8. The molecule has 0 aromatic carbocycles. The lowest BCUT2D eigenvalue weighted by Gasteiger charge is -2.38. The minimum absolute atomic E-state index is 0.00861. The summed E-state index contributed by atoms with van der Waals surface area (Å²) in [6.45, 7) is 7.41. The Labute approximate surface area is 109 Å². The van der Waals surface area contributed by atoms with E-state index in [9.17, 15) is 9.59 Å². The minimum Gasteiger partial charge on any atom is -0.344 e. The molecule has 4 nitrogen and oxygen atoms in total. The van der Waals surface area contributed by atoms with E-state index in [1.807, 2.05) is 4.90 Å². The van der Waals surface area contributed by atoms with Gasteiger partial charge in [0.15, 0.2) is 0 Å². The Morgan fingerprint density at radius 1 is 1.35 bits per heavy atom. The van der Waals surface area contributed by atoms with E-state index in [1.165, 1.54) is 6.92 Å². The predicted molar refractivity (Wildman–Crippen MR) is 71.1 cm³/mol. The molecule has 0 radical (unpaired) electrons. The SMILES string of the molecule is CC(=O)NC(CS)C(=O)N1CCC(C)(C)CC1. The van der Waals surface area contributed by atoms with Crippen molar-refractivity contribution in [3.05, 3.63) is 0 Å². The maximum absolute atomic E-state index is 12.1. The topological polar surface area (TPSA) is 49.4 Å². The summed E-state index contributed by atoms with van der Waals surface area (Å²) in [6, 6.07) is -0.489. The summed E-state index contributed by atoms with van der Waals surface area (Å²) < 4.78 is 0. The van der Waals surface area contributed by atoms with Crippen molar-refractivity contribution in [1.29, 1.82) is 0 Å². The van der Waals surface area contributed by atoms with Crippen LogP contribution in [-0.4, -0.2) is 41.6 Å². The molecule has 5 heteroatoms. The highest BCUT2D eigenvalue weighted by atomic mass is 32.1. The van der Waals surface area contributed by atoms with Gasteiger partial charge in [-0.3, -0.25) is 9.59 Å². The van der Waals surface area contributed by atoms with Crippen LogP contribution in [0.2, 0.25) is 0 Å². The smallest absolute Gasteiger partial charge is 0.245 e. The van der Waals surface area contributed by atoms with E-state index in [0.717, 1.165) is 25.9 Å². The number of hydrogen-bond acceptors (Lipinski definition) is 3. The van der Waals surface area contributed by atoms with Crippen LogP contribution >= 0.6 is 12.6 Å². The molecule has 17 heavy (non-hydrogen) atoms. The van der Waals surface area contributed by atoms with Crippen molar-refractivity contribution in [1.82, 2.24) is 10.2 Å². The number of piperidine rings is 1. The summed E-state index contributed by atoms with van der Waals surface area (Å²) >= 11 is 4.12. The largest absolute Gasteiger partial charge is 0.344 e. The molecule has 2 amide bonds. The number of likely N-dealkylation sites (tertiary alicyclic amines) is 1. The van der Waals surface area contributed by atoms with Crippen molar-refractivity contribution in [3.63, 3.8) is 0 Å². The van der Waals surface area contributed by atoms with Gasteiger partial charge in [-0.05, 0) is 18.3 Å². The molecular weight excluding hydrogens is 236 g/mol. The number of nitrogens with zero attached hydrogens (tertiary/aromatic N) is 1. The van der Waals surface area contributed by atoms with Gasteiger partial charge in [-0.1, -0.05) is 13.8 Å². The van der Waals surface area contributed by atoms with E-state index < -0.39 is 6.04 Å². The average molecular weight is 258 g/mol. The van der Waals surface area contributed by atoms with Crippen LogP contribution in [-0.2, 0) is 9.59 Å². The normalized spacial score (nSPS) is 20.8. The van der Waals surface area contributed by atoms with Crippen molar-refractivity contribution >= 4 is 24.4 Å². The van der Waals surface area contributed by atoms with Crippen LogP contribution in [0.15, 0.2) is 0 Å². The summed E-state index contributed by atoms with van der Waals surface area (Å²) in [5, 5.41) is 2.64. The number of nitrogens with one attached hydrogen (secondary N) is 1. The maximum atomic E-state index is 12.1. The van der Waals surface area contributed by atoms with Crippen LogP contribution in [0, 0.1) is 5.41 Å². The lowest BCUT2D eigenvalue weighted by molar-refractivity contribution is -0.137. The maximum Gasteiger partial charge on any atom is 0.245 e. The standard InChI is InChI=1S/C12H22N2O2S/c1-9(15)13-10(8-17)11(16)14-6-4-12(2,3)5-7-14/h10,17H,4-8H2,1-3H3,(H,13,15). The van der Waals surface area contributed by atoms with Crippen molar-refractivity contribution in [2.24, 2.45) is 5.41 Å². The van der Waals surface area contributed by atoms with Crippen LogP contribution in [0.5, 0.6) is 0 Å². The highest BCUT2D eigenvalue weighted by Gasteiger charge is 2.31. The third-order valence-electron chi connectivity index (χ3n) is 3.29. The number of thiol groups is 1. The molecule has 1 saturated heterocycles. The number of carbonyl (C=O) groups excluding carboxylic acids is 2. The van der Waals surface area contributed by atoms with Gasteiger partial charge in [-0.25, -0.2) is 0 Å². The van der Waals surface area contributed by atoms with Gasteiger partial charge in [0.2, 0.25) is 11.8 Å². The fourth-order valence-electron chi connectivity index (χ4n) is 1.98. The average Bonchev–Trinajstić information content (AvgIpc) is 2.24. The molecule has 0 aromatic heterocycles. The zero-order valence-corrected chi connectivity index (χ0v) is 11.7. The van der Waals surface area contributed by atoms with Gasteiger partial charge in [0.05, 0.1) is 0 Å². The Morgan fingerprint density at radius 3 is 2.29 bits per heavy atom. The molecule has 0 saturated carbocycles. The Hall–Kier alpha value is -0.710. The number of amides is 2. The number of rotatable bonds is 3. The van der Waals surface area contributed by atoms with Gasteiger partial charge in [-0.2, -0.15) is 12.6 Å². The van der Waals surface area contributed by atoms with Crippen molar-refractivity contribution in [3.8, 4) is 0 Å². The van der Waals surface area contributed by atoms with E-state index in [2.05, 4.69) is 31.8 Å². The molecule has 0 aromatic rings. The summed E-state index contributed by atoms with van der Waals surface area (Å²) in [6.07, 6.45) is 2.02.